The Morgan fingerprint density at radius 1 is 0.784 bits per heavy atom. The van der Waals surface area contributed by atoms with Crippen LogP contribution < -0.4 is 9.46 Å². The fraction of sp³-hybridized carbons (Fsp3) is 0.225. The van der Waals surface area contributed by atoms with Crippen molar-refractivity contribution >= 4 is 27.5 Å². The number of nitrogens with zero attached hydrogens (tertiary/aromatic N) is 1. The Morgan fingerprint density at radius 2 is 1.39 bits per heavy atom. The lowest BCUT2D eigenvalue weighted by Crippen LogP contribution is -2.31. The van der Waals surface area contributed by atoms with Crippen molar-refractivity contribution in [1.29, 1.82) is 0 Å². The lowest BCUT2D eigenvalue weighted by atomic mass is 9.90. The van der Waals surface area contributed by atoms with Gasteiger partial charge in [-0.3, -0.25) is 9.69 Å². The molecule has 0 saturated heterocycles. The summed E-state index contributed by atoms with van der Waals surface area (Å²) in [4.78, 5) is 14.7. The SMILES string of the molecule is O=C(Cc1cccc(OCCCCN(Cc2cccc(C(F)(F)F)c2Cl)CC(c2ccccc2)c2ccccc2)c1)NS(=O)(=O)c1ccccc1. The molecule has 266 valence electrons. The molecule has 51 heavy (non-hydrogen) atoms. The van der Waals surface area contributed by atoms with Crippen molar-refractivity contribution < 1.29 is 31.1 Å². The summed E-state index contributed by atoms with van der Waals surface area (Å²) in [5.41, 5.74) is 2.33. The summed E-state index contributed by atoms with van der Waals surface area (Å²) in [7, 11) is -3.98. The Labute approximate surface area is 301 Å². The minimum atomic E-state index is -4.56. The van der Waals surface area contributed by atoms with E-state index in [1.807, 2.05) is 36.4 Å². The van der Waals surface area contributed by atoms with Crippen LogP contribution in [0.3, 0.4) is 0 Å². The number of ether oxygens (including phenoxy) is 1. The molecular formula is C40H38ClF3N2O4S. The molecule has 5 rings (SSSR count). The van der Waals surface area contributed by atoms with Crippen molar-refractivity contribution in [1.82, 2.24) is 9.62 Å². The van der Waals surface area contributed by atoms with E-state index in [2.05, 4.69) is 33.9 Å². The lowest BCUT2D eigenvalue weighted by Gasteiger charge is -2.29. The van der Waals surface area contributed by atoms with Crippen LogP contribution in [0, 0.1) is 0 Å². The van der Waals surface area contributed by atoms with Crippen molar-refractivity contribution in [3.05, 3.63) is 166 Å². The van der Waals surface area contributed by atoms with Gasteiger partial charge < -0.3 is 4.74 Å². The number of halogens is 4. The Kier molecular flexibility index (Phi) is 12.9. The van der Waals surface area contributed by atoms with Crippen LogP contribution in [0.2, 0.25) is 5.02 Å². The molecule has 0 aliphatic carbocycles. The van der Waals surface area contributed by atoms with Gasteiger partial charge in [0.2, 0.25) is 5.91 Å². The molecule has 1 amide bonds. The van der Waals surface area contributed by atoms with Gasteiger partial charge in [-0.2, -0.15) is 13.2 Å². The van der Waals surface area contributed by atoms with Crippen molar-refractivity contribution in [2.45, 2.75) is 42.8 Å². The maximum Gasteiger partial charge on any atom is 0.417 e. The molecule has 0 saturated carbocycles. The summed E-state index contributed by atoms with van der Waals surface area (Å²) in [6, 6.07) is 38.6. The largest absolute Gasteiger partial charge is 0.494 e. The average Bonchev–Trinajstić information content (AvgIpc) is 3.11. The van der Waals surface area contributed by atoms with E-state index in [1.54, 1.807) is 48.5 Å². The van der Waals surface area contributed by atoms with E-state index < -0.39 is 27.7 Å². The number of carbonyl (C=O) groups excluding carboxylic acids is 1. The highest BCUT2D eigenvalue weighted by atomic mass is 35.5. The Balaban J connectivity index is 1.23. The third kappa shape index (κ3) is 10.9. The van der Waals surface area contributed by atoms with E-state index in [0.29, 0.717) is 49.4 Å². The number of carbonyl (C=O) groups is 1. The van der Waals surface area contributed by atoms with Crippen LogP contribution in [0.1, 0.15) is 46.6 Å². The van der Waals surface area contributed by atoms with Gasteiger partial charge in [0.25, 0.3) is 10.0 Å². The van der Waals surface area contributed by atoms with E-state index in [-0.39, 0.29) is 28.8 Å². The van der Waals surface area contributed by atoms with E-state index in [0.717, 1.165) is 17.2 Å². The number of hydrogen-bond acceptors (Lipinski definition) is 5. The molecule has 5 aromatic carbocycles. The fourth-order valence-electron chi connectivity index (χ4n) is 5.83. The number of amides is 1. The number of nitrogens with one attached hydrogen (secondary N) is 1. The molecule has 0 radical (unpaired) electrons. The highest BCUT2D eigenvalue weighted by Gasteiger charge is 2.34. The molecule has 0 fully saturated rings. The normalized spacial score (nSPS) is 11.9. The van der Waals surface area contributed by atoms with Gasteiger partial charge >= 0.3 is 6.18 Å². The van der Waals surface area contributed by atoms with Crippen molar-refractivity contribution in [2.24, 2.45) is 0 Å². The molecule has 5 aromatic rings. The van der Waals surface area contributed by atoms with Gasteiger partial charge in [0.05, 0.1) is 28.5 Å². The first-order valence-corrected chi connectivity index (χ1v) is 18.3. The van der Waals surface area contributed by atoms with Crippen LogP contribution in [0.15, 0.2) is 138 Å². The lowest BCUT2D eigenvalue weighted by molar-refractivity contribution is -0.137. The van der Waals surface area contributed by atoms with Crippen molar-refractivity contribution in [2.75, 3.05) is 19.7 Å². The maximum absolute atomic E-state index is 13.7. The highest BCUT2D eigenvalue weighted by molar-refractivity contribution is 7.90. The monoisotopic (exact) mass is 734 g/mol. The summed E-state index contributed by atoms with van der Waals surface area (Å²) in [5, 5.41) is -0.291. The van der Waals surface area contributed by atoms with Crippen LogP contribution in [-0.2, 0) is 34.0 Å². The third-order valence-corrected chi connectivity index (χ3v) is 10.2. The van der Waals surface area contributed by atoms with Gasteiger partial charge in [-0.15, -0.1) is 0 Å². The Morgan fingerprint density at radius 3 is 2.02 bits per heavy atom. The predicted molar refractivity (Wildman–Crippen MR) is 193 cm³/mol. The zero-order valence-corrected chi connectivity index (χ0v) is 29.3. The molecule has 6 nitrogen and oxygen atoms in total. The van der Waals surface area contributed by atoms with Gasteiger partial charge in [0.15, 0.2) is 0 Å². The second kappa shape index (κ2) is 17.5. The van der Waals surface area contributed by atoms with Gasteiger partial charge in [-0.25, -0.2) is 13.1 Å². The molecule has 0 aliphatic heterocycles. The van der Waals surface area contributed by atoms with Crippen LogP contribution >= 0.6 is 11.6 Å². The predicted octanol–water partition coefficient (Wildman–Crippen LogP) is 8.90. The molecule has 0 bridgehead atoms. The first-order chi connectivity index (χ1) is 24.5. The summed E-state index contributed by atoms with van der Waals surface area (Å²) < 4.78 is 74.2. The molecule has 0 aliphatic rings. The smallest absolute Gasteiger partial charge is 0.417 e. The van der Waals surface area contributed by atoms with Gasteiger partial charge in [-0.05, 0) is 72.0 Å². The molecule has 0 spiro atoms. The molecule has 0 heterocycles. The standard InChI is InChI=1S/C40H38ClF3N2O4S/c41-39-33(19-13-23-37(39)40(42,43)44)28-46(29-36(31-15-4-1-5-16-31)32-17-6-2-7-18-32)24-10-11-25-50-34-20-12-14-30(26-34)27-38(47)45-51(48,49)35-21-8-3-9-22-35/h1-9,12-23,26,36H,10-11,24-25,27-29H2,(H,45,47). The Bertz CT molecular complexity index is 1940. The second-order valence-electron chi connectivity index (χ2n) is 12.1. The minimum Gasteiger partial charge on any atom is -0.494 e. The van der Waals surface area contributed by atoms with Crippen molar-refractivity contribution in [3.8, 4) is 5.75 Å². The molecule has 0 atom stereocenters. The number of hydrogen-bond donors (Lipinski definition) is 1. The highest BCUT2D eigenvalue weighted by Crippen LogP contribution is 2.37. The Hall–Kier alpha value is -4.64. The summed E-state index contributed by atoms with van der Waals surface area (Å²) in [5.74, 6) is -0.163. The van der Waals surface area contributed by atoms with Gasteiger partial charge in [0, 0.05) is 19.0 Å². The van der Waals surface area contributed by atoms with Crippen LogP contribution in [0.4, 0.5) is 13.2 Å². The molecule has 0 aromatic heterocycles. The maximum atomic E-state index is 13.7. The van der Waals surface area contributed by atoms with Crippen LogP contribution in [-0.4, -0.2) is 38.9 Å². The first-order valence-electron chi connectivity index (χ1n) is 16.5. The summed E-state index contributed by atoms with van der Waals surface area (Å²) >= 11 is 6.34. The van der Waals surface area contributed by atoms with Gasteiger partial charge in [0.1, 0.15) is 5.75 Å². The molecular weight excluding hydrogens is 697 g/mol. The molecule has 0 unspecified atom stereocenters. The topological polar surface area (TPSA) is 75.7 Å². The first kappa shape index (κ1) is 37.6. The van der Waals surface area contributed by atoms with E-state index in [1.165, 1.54) is 18.2 Å². The van der Waals surface area contributed by atoms with E-state index in [9.17, 15) is 26.4 Å². The summed E-state index contributed by atoms with van der Waals surface area (Å²) in [6.07, 6.45) is -3.38. The quantitative estimate of drug-likeness (QED) is 0.103. The van der Waals surface area contributed by atoms with E-state index >= 15 is 0 Å². The second-order valence-corrected chi connectivity index (χ2v) is 14.2. The number of rotatable bonds is 16. The zero-order chi connectivity index (χ0) is 36.3. The average molecular weight is 735 g/mol. The minimum absolute atomic E-state index is 0.00238. The number of benzene rings is 5. The van der Waals surface area contributed by atoms with Crippen LogP contribution in [0.25, 0.3) is 0 Å². The molecule has 1 N–H and O–H groups in total. The van der Waals surface area contributed by atoms with Gasteiger partial charge in [-0.1, -0.05) is 115 Å². The zero-order valence-electron chi connectivity index (χ0n) is 27.7. The summed E-state index contributed by atoms with van der Waals surface area (Å²) in [6.45, 7) is 1.70. The van der Waals surface area contributed by atoms with E-state index in [4.69, 9.17) is 16.3 Å². The third-order valence-electron chi connectivity index (χ3n) is 8.32. The number of unbranched alkanes of at least 4 members (excludes halogenated alkanes) is 1. The fourth-order valence-corrected chi connectivity index (χ4v) is 7.13. The number of sulfonamides is 1. The number of alkyl halides is 3. The van der Waals surface area contributed by atoms with Crippen molar-refractivity contribution in [3.63, 3.8) is 0 Å². The van der Waals surface area contributed by atoms with Crippen LogP contribution in [0.5, 0.6) is 5.75 Å². The molecule has 11 heteroatoms.